The van der Waals surface area contributed by atoms with Crippen molar-refractivity contribution in [2.24, 2.45) is 0 Å². The van der Waals surface area contributed by atoms with Crippen molar-refractivity contribution in [1.29, 1.82) is 10.5 Å². The van der Waals surface area contributed by atoms with E-state index in [9.17, 15) is 10.5 Å². The maximum atomic E-state index is 9.35. The van der Waals surface area contributed by atoms with Crippen LogP contribution in [-0.2, 0) is 0 Å². The minimum absolute atomic E-state index is 0.574. The largest absolute Gasteiger partial charge is 0.364 e. The average molecular weight is 492 g/mol. The van der Waals surface area contributed by atoms with Gasteiger partial charge in [0.1, 0.15) is 23.1 Å². The standard InChI is InChI=1S/C15H14N4.C13H8ClN3/c1-10-8-14(18(2)3)19-13-7-5-4-6-12(13)17-15(19)11(10)9-16;1-8-6-12(14)17-11-5-3-2-4-10(11)16-13(17)9(8)7-15/h4-8H,1-3H3;2-6H,1H3. The third-order valence-corrected chi connectivity index (χ3v) is 6.44. The zero-order valence-electron chi connectivity index (χ0n) is 20.3. The quantitative estimate of drug-likeness (QED) is 0.261. The molecule has 0 aliphatic heterocycles. The Morgan fingerprint density at radius 1 is 0.750 bits per heavy atom. The third-order valence-electron chi connectivity index (χ3n) is 6.16. The highest BCUT2D eigenvalue weighted by Gasteiger charge is 2.16. The molecule has 2 aromatic carbocycles. The van der Waals surface area contributed by atoms with Crippen LogP contribution < -0.4 is 4.90 Å². The van der Waals surface area contributed by atoms with E-state index in [1.165, 1.54) is 0 Å². The van der Waals surface area contributed by atoms with Crippen molar-refractivity contribution in [1.82, 2.24) is 18.8 Å². The van der Waals surface area contributed by atoms with Gasteiger partial charge in [0, 0.05) is 14.1 Å². The minimum atomic E-state index is 0.574. The lowest BCUT2D eigenvalue weighted by Crippen LogP contribution is -2.14. The molecule has 8 heteroatoms. The highest BCUT2D eigenvalue weighted by Crippen LogP contribution is 2.28. The minimum Gasteiger partial charge on any atom is -0.364 e. The van der Waals surface area contributed by atoms with Gasteiger partial charge in [0.2, 0.25) is 0 Å². The van der Waals surface area contributed by atoms with Crippen LogP contribution in [0.25, 0.3) is 33.4 Å². The summed E-state index contributed by atoms with van der Waals surface area (Å²) in [6, 6.07) is 23.9. The van der Waals surface area contributed by atoms with E-state index < -0.39 is 0 Å². The molecule has 6 rings (SSSR count). The number of fused-ring (bicyclic) bond motifs is 6. The molecule has 0 bridgehead atoms. The highest BCUT2D eigenvalue weighted by atomic mass is 35.5. The van der Waals surface area contributed by atoms with Crippen molar-refractivity contribution in [3.63, 3.8) is 0 Å². The van der Waals surface area contributed by atoms with Gasteiger partial charge < -0.3 is 4.90 Å². The first-order chi connectivity index (χ1) is 17.3. The number of nitrogens with zero attached hydrogens (tertiary/aromatic N) is 7. The van der Waals surface area contributed by atoms with Gasteiger partial charge in [0.05, 0.1) is 33.2 Å². The van der Waals surface area contributed by atoms with E-state index in [2.05, 4.69) is 22.1 Å². The van der Waals surface area contributed by atoms with Crippen LogP contribution in [0.15, 0.2) is 60.7 Å². The maximum Gasteiger partial charge on any atom is 0.157 e. The van der Waals surface area contributed by atoms with Gasteiger partial charge in [-0.05, 0) is 61.4 Å². The van der Waals surface area contributed by atoms with Gasteiger partial charge in [-0.15, -0.1) is 0 Å². The van der Waals surface area contributed by atoms with Crippen molar-refractivity contribution < 1.29 is 0 Å². The summed E-state index contributed by atoms with van der Waals surface area (Å²) in [6.45, 7) is 3.81. The molecular formula is C28H22ClN7. The Labute approximate surface area is 213 Å². The summed E-state index contributed by atoms with van der Waals surface area (Å²) >= 11 is 6.23. The number of rotatable bonds is 1. The first-order valence-corrected chi connectivity index (χ1v) is 11.7. The highest BCUT2D eigenvalue weighted by molar-refractivity contribution is 6.30. The van der Waals surface area contributed by atoms with Crippen molar-refractivity contribution in [3.8, 4) is 12.1 Å². The lowest BCUT2D eigenvalue weighted by Gasteiger charge is -2.17. The van der Waals surface area contributed by atoms with Crippen molar-refractivity contribution >= 4 is 50.8 Å². The number of aromatic nitrogens is 4. The summed E-state index contributed by atoms with van der Waals surface area (Å²) in [7, 11) is 3.99. The van der Waals surface area contributed by atoms with Crippen molar-refractivity contribution in [3.05, 3.63) is 88.1 Å². The molecule has 4 aromatic heterocycles. The molecule has 0 radical (unpaired) electrons. The first-order valence-electron chi connectivity index (χ1n) is 11.3. The van der Waals surface area contributed by atoms with E-state index in [0.29, 0.717) is 21.9 Å². The fourth-order valence-corrected chi connectivity index (χ4v) is 4.77. The number of halogens is 1. The molecule has 0 aliphatic rings. The Balaban J connectivity index is 0.000000149. The smallest absolute Gasteiger partial charge is 0.157 e. The Hall–Kier alpha value is -4.59. The summed E-state index contributed by atoms with van der Waals surface area (Å²) < 4.78 is 3.85. The first kappa shape index (κ1) is 23.2. The van der Waals surface area contributed by atoms with E-state index in [-0.39, 0.29) is 0 Å². The van der Waals surface area contributed by atoms with E-state index in [1.807, 2.05) is 96.2 Å². The topological polar surface area (TPSA) is 85.4 Å². The number of para-hydroxylation sites is 4. The second-order valence-electron chi connectivity index (χ2n) is 8.72. The molecule has 0 saturated carbocycles. The van der Waals surface area contributed by atoms with Gasteiger partial charge in [-0.2, -0.15) is 10.5 Å². The van der Waals surface area contributed by atoms with E-state index in [1.54, 1.807) is 6.07 Å². The van der Waals surface area contributed by atoms with Crippen molar-refractivity contribution in [2.45, 2.75) is 13.8 Å². The Morgan fingerprint density at radius 2 is 1.22 bits per heavy atom. The molecule has 0 spiro atoms. The normalized spacial score (nSPS) is 10.9. The second kappa shape index (κ2) is 8.88. The lowest BCUT2D eigenvalue weighted by molar-refractivity contribution is 1.03. The van der Waals surface area contributed by atoms with Gasteiger partial charge in [0.25, 0.3) is 0 Å². The monoisotopic (exact) mass is 491 g/mol. The van der Waals surface area contributed by atoms with Gasteiger partial charge >= 0.3 is 0 Å². The van der Waals surface area contributed by atoms with Crippen LogP contribution in [0.1, 0.15) is 22.3 Å². The molecule has 7 nitrogen and oxygen atoms in total. The molecule has 36 heavy (non-hydrogen) atoms. The van der Waals surface area contributed by atoms with Crippen LogP contribution >= 0.6 is 11.6 Å². The lowest BCUT2D eigenvalue weighted by atomic mass is 10.1. The van der Waals surface area contributed by atoms with Crippen LogP contribution in [0, 0.1) is 36.5 Å². The fourth-order valence-electron chi connectivity index (χ4n) is 4.44. The Kier molecular flexibility index (Phi) is 5.72. The number of anilines is 1. The van der Waals surface area contributed by atoms with E-state index in [4.69, 9.17) is 11.6 Å². The van der Waals surface area contributed by atoms with Gasteiger partial charge in [0.15, 0.2) is 11.3 Å². The number of hydrogen-bond acceptors (Lipinski definition) is 5. The molecule has 0 unspecified atom stereocenters. The molecule has 0 atom stereocenters. The molecule has 0 saturated heterocycles. The number of aryl methyl sites for hydroxylation is 2. The van der Waals surface area contributed by atoms with Crippen LogP contribution in [-0.4, -0.2) is 32.9 Å². The fraction of sp³-hybridized carbons (Fsp3) is 0.143. The molecular weight excluding hydrogens is 470 g/mol. The second-order valence-corrected chi connectivity index (χ2v) is 9.11. The van der Waals surface area contributed by atoms with Gasteiger partial charge in [-0.1, -0.05) is 35.9 Å². The van der Waals surface area contributed by atoms with Crippen molar-refractivity contribution in [2.75, 3.05) is 19.0 Å². The summed E-state index contributed by atoms with van der Waals surface area (Å²) in [6.07, 6.45) is 0. The summed E-state index contributed by atoms with van der Waals surface area (Å²) in [5, 5.41) is 19.1. The van der Waals surface area contributed by atoms with Crippen LogP contribution in [0.3, 0.4) is 0 Å². The molecule has 0 aliphatic carbocycles. The Bertz CT molecular complexity index is 1880. The molecule has 0 N–H and O–H groups in total. The molecule has 0 fully saturated rings. The van der Waals surface area contributed by atoms with Gasteiger partial charge in [-0.25, -0.2) is 9.97 Å². The number of nitriles is 2. The molecule has 4 heterocycles. The maximum absolute atomic E-state index is 9.35. The number of imidazole rings is 2. The SMILES string of the molecule is Cc1cc(Cl)n2c(nc3ccccc32)c1C#N.Cc1cc(N(C)C)n2c(nc3ccccc32)c1C#N. The average Bonchev–Trinajstić information content (AvgIpc) is 3.43. The van der Waals surface area contributed by atoms with Crippen LogP contribution in [0.4, 0.5) is 5.82 Å². The predicted octanol–water partition coefficient (Wildman–Crippen LogP) is 6.05. The molecule has 176 valence electrons. The Morgan fingerprint density at radius 3 is 1.75 bits per heavy atom. The van der Waals surface area contributed by atoms with E-state index in [0.717, 1.165) is 44.7 Å². The third kappa shape index (κ3) is 3.58. The summed E-state index contributed by atoms with van der Waals surface area (Å²) in [5.41, 5.74) is 8.07. The van der Waals surface area contributed by atoms with E-state index >= 15 is 0 Å². The summed E-state index contributed by atoms with van der Waals surface area (Å²) in [5.74, 6) is 1.03. The predicted molar refractivity (Wildman–Crippen MR) is 144 cm³/mol. The van der Waals surface area contributed by atoms with Gasteiger partial charge in [-0.3, -0.25) is 8.80 Å². The summed E-state index contributed by atoms with van der Waals surface area (Å²) in [4.78, 5) is 11.1. The zero-order valence-corrected chi connectivity index (χ0v) is 21.0. The van der Waals surface area contributed by atoms with Crippen LogP contribution in [0.5, 0.6) is 0 Å². The van der Waals surface area contributed by atoms with Crippen LogP contribution in [0.2, 0.25) is 5.15 Å². The zero-order chi connectivity index (χ0) is 25.6. The molecule has 0 amide bonds. The number of pyridine rings is 2. The number of benzene rings is 2. The number of hydrogen-bond donors (Lipinski definition) is 0. The molecule has 6 aromatic rings.